The third-order valence-electron chi connectivity index (χ3n) is 3.07. The number of carbonyl (C=O) groups excluding carboxylic acids is 1. The predicted octanol–water partition coefficient (Wildman–Crippen LogP) is 3.52. The Morgan fingerprint density at radius 2 is 2.05 bits per heavy atom. The van der Waals surface area contributed by atoms with Gasteiger partial charge in [0.15, 0.2) is 0 Å². The zero-order valence-corrected chi connectivity index (χ0v) is 13.3. The van der Waals surface area contributed by atoms with Crippen LogP contribution in [0.1, 0.15) is 16.7 Å². The summed E-state index contributed by atoms with van der Waals surface area (Å²) >= 11 is 5.87. The number of hydrazone groups is 1. The molecule has 0 saturated carbocycles. The van der Waals surface area contributed by atoms with Crippen molar-refractivity contribution in [2.24, 2.45) is 5.10 Å². The second-order valence-electron chi connectivity index (χ2n) is 5.02. The van der Waals surface area contributed by atoms with Crippen LogP contribution in [0.2, 0.25) is 5.02 Å². The number of rotatable bonds is 5. The van der Waals surface area contributed by atoms with E-state index in [-0.39, 0.29) is 12.5 Å². The van der Waals surface area contributed by atoms with E-state index < -0.39 is 0 Å². The van der Waals surface area contributed by atoms with E-state index in [1.165, 1.54) is 5.56 Å². The highest BCUT2D eigenvalue weighted by atomic mass is 35.5. The van der Waals surface area contributed by atoms with E-state index in [0.29, 0.717) is 5.02 Å². The summed E-state index contributed by atoms with van der Waals surface area (Å²) in [6.45, 7) is 4.20. The number of halogens is 1. The number of amides is 1. The zero-order valence-electron chi connectivity index (χ0n) is 12.6. The molecule has 114 valence electrons. The summed E-state index contributed by atoms with van der Waals surface area (Å²) in [6, 6.07) is 13.3. The van der Waals surface area contributed by atoms with Gasteiger partial charge in [-0.2, -0.15) is 5.10 Å². The Kier molecular flexibility index (Phi) is 5.55. The van der Waals surface area contributed by atoms with Crippen LogP contribution in [0.5, 0.6) is 0 Å². The van der Waals surface area contributed by atoms with E-state index in [1.54, 1.807) is 18.3 Å². The van der Waals surface area contributed by atoms with Crippen LogP contribution in [-0.2, 0) is 4.79 Å². The fourth-order valence-corrected chi connectivity index (χ4v) is 2.19. The molecule has 0 bridgehead atoms. The molecule has 2 aromatic rings. The molecule has 4 nitrogen and oxygen atoms in total. The van der Waals surface area contributed by atoms with Crippen molar-refractivity contribution < 1.29 is 4.79 Å². The van der Waals surface area contributed by atoms with Crippen LogP contribution in [-0.4, -0.2) is 18.7 Å². The zero-order chi connectivity index (χ0) is 15.9. The SMILES string of the molecule is Cc1ccc(NCC(=O)N/N=C\c2cccc(Cl)c2)c(C)c1. The third kappa shape index (κ3) is 4.90. The maximum Gasteiger partial charge on any atom is 0.259 e. The summed E-state index contributed by atoms with van der Waals surface area (Å²) in [6.07, 6.45) is 1.56. The molecule has 22 heavy (non-hydrogen) atoms. The summed E-state index contributed by atoms with van der Waals surface area (Å²) in [4.78, 5) is 11.7. The fourth-order valence-electron chi connectivity index (χ4n) is 1.99. The van der Waals surface area contributed by atoms with Gasteiger partial charge in [0.25, 0.3) is 5.91 Å². The maximum atomic E-state index is 11.7. The largest absolute Gasteiger partial charge is 0.376 e. The van der Waals surface area contributed by atoms with E-state index in [0.717, 1.165) is 16.8 Å². The molecule has 0 saturated heterocycles. The van der Waals surface area contributed by atoms with Crippen LogP contribution in [0.3, 0.4) is 0 Å². The van der Waals surface area contributed by atoms with Crippen molar-refractivity contribution in [2.45, 2.75) is 13.8 Å². The minimum atomic E-state index is -0.210. The first-order chi connectivity index (χ1) is 10.5. The Labute approximate surface area is 135 Å². The van der Waals surface area contributed by atoms with E-state index >= 15 is 0 Å². The standard InChI is InChI=1S/C17H18ClN3O/c1-12-6-7-16(13(2)8-12)19-11-17(22)21-20-10-14-4-3-5-15(18)9-14/h3-10,19H,11H2,1-2H3,(H,21,22)/b20-10-. The van der Waals surface area contributed by atoms with Crippen molar-refractivity contribution in [3.05, 3.63) is 64.2 Å². The molecule has 0 radical (unpaired) electrons. The minimum Gasteiger partial charge on any atom is -0.376 e. The summed E-state index contributed by atoms with van der Waals surface area (Å²) < 4.78 is 0. The van der Waals surface area contributed by atoms with E-state index in [9.17, 15) is 4.79 Å². The van der Waals surface area contributed by atoms with Gasteiger partial charge in [0.05, 0.1) is 12.8 Å². The topological polar surface area (TPSA) is 53.5 Å². The molecule has 2 aromatic carbocycles. The van der Waals surface area contributed by atoms with Gasteiger partial charge in [-0.15, -0.1) is 0 Å². The predicted molar refractivity (Wildman–Crippen MR) is 91.6 cm³/mol. The van der Waals surface area contributed by atoms with Gasteiger partial charge in [-0.05, 0) is 43.2 Å². The average molecular weight is 316 g/mol. The Morgan fingerprint density at radius 1 is 1.23 bits per heavy atom. The molecule has 0 heterocycles. The summed E-state index contributed by atoms with van der Waals surface area (Å²) in [5.41, 5.74) is 6.55. The summed E-state index contributed by atoms with van der Waals surface area (Å²) in [7, 11) is 0. The number of anilines is 1. The first-order valence-electron chi connectivity index (χ1n) is 6.93. The Hall–Kier alpha value is -2.33. The lowest BCUT2D eigenvalue weighted by Crippen LogP contribution is -2.26. The monoisotopic (exact) mass is 315 g/mol. The fraction of sp³-hybridized carbons (Fsp3) is 0.176. The van der Waals surface area contributed by atoms with Gasteiger partial charge in [0, 0.05) is 10.7 Å². The average Bonchev–Trinajstić information content (AvgIpc) is 2.46. The van der Waals surface area contributed by atoms with Gasteiger partial charge in [-0.1, -0.05) is 41.4 Å². The van der Waals surface area contributed by atoms with Crippen LogP contribution >= 0.6 is 11.6 Å². The van der Waals surface area contributed by atoms with Crippen molar-refractivity contribution in [1.82, 2.24) is 5.43 Å². The van der Waals surface area contributed by atoms with Crippen LogP contribution in [0.25, 0.3) is 0 Å². The van der Waals surface area contributed by atoms with E-state index in [4.69, 9.17) is 11.6 Å². The molecule has 2 N–H and O–H groups in total. The first kappa shape index (κ1) is 16.0. The highest BCUT2D eigenvalue weighted by Gasteiger charge is 2.02. The van der Waals surface area contributed by atoms with Gasteiger partial charge in [0.1, 0.15) is 0 Å². The number of benzene rings is 2. The van der Waals surface area contributed by atoms with Crippen molar-refractivity contribution >= 4 is 29.4 Å². The molecule has 0 aromatic heterocycles. The summed E-state index contributed by atoms with van der Waals surface area (Å²) in [5.74, 6) is -0.210. The van der Waals surface area contributed by atoms with Crippen molar-refractivity contribution in [2.75, 3.05) is 11.9 Å². The lowest BCUT2D eigenvalue weighted by molar-refractivity contribution is -0.119. The van der Waals surface area contributed by atoms with Crippen molar-refractivity contribution in [3.63, 3.8) is 0 Å². The molecule has 2 rings (SSSR count). The molecule has 5 heteroatoms. The van der Waals surface area contributed by atoms with E-state index in [1.807, 2.05) is 38.1 Å². The first-order valence-corrected chi connectivity index (χ1v) is 7.31. The Bertz CT molecular complexity index is 698. The van der Waals surface area contributed by atoms with Gasteiger partial charge in [0.2, 0.25) is 0 Å². The highest BCUT2D eigenvalue weighted by Crippen LogP contribution is 2.15. The molecular weight excluding hydrogens is 298 g/mol. The molecule has 0 unspecified atom stereocenters. The Balaban J connectivity index is 1.83. The molecule has 0 spiro atoms. The molecule has 1 amide bonds. The molecule has 0 aliphatic carbocycles. The molecule has 0 fully saturated rings. The second kappa shape index (κ2) is 7.61. The minimum absolute atomic E-state index is 0.163. The van der Waals surface area contributed by atoms with Crippen LogP contribution in [0.4, 0.5) is 5.69 Å². The lowest BCUT2D eigenvalue weighted by atomic mass is 10.1. The lowest BCUT2D eigenvalue weighted by Gasteiger charge is -2.09. The number of nitrogens with zero attached hydrogens (tertiary/aromatic N) is 1. The second-order valence-corrected chi connectivity index (χ2v) is 5.46. The van der Waals surface area contributed by atoms with Gasteiger partial charge < -0.3 is 5.32 Å². The maximum absolute atomic E-state index is 11.7. The number of nitrogens with one attached hydrogen (secondary N) is 2. The van der Waals surface area contributed by atoms with Crippen LogP contribution in [0.15, 0.2) is 47.6 Å². The number of hydrogen-bond donors (Lipinski definition) is 2. The van der Waals surface area contributed by atoms with Crippen molar-refractivity contribution in [1.29, 1.82) is 0 Å². The number of aryl methyl sites for hydroxylation is 2. The molecule has 0 aliphatic heterocycles. The number of hydrogen-bond acceptors (Lipinski definition) is 3. The van der Waals surface area contributed by atoms with Gasteiger partial charge >= 0.3 is 0 Å². The quantitative estimate of drug-likeness (QED) is 0.655. The van der Waals surface area contributed by atoms with E-state index in [2.05, 4.69) is 21.9 Å². The van der Waals surface area contributed by atoms with Crippen LogP contribution < -0.4 is 10.7 Å². The molecular formula is C17H18ClN3O. The van der Waals surface area contributed by atoms with Gasteiger partial charge in [-0.3, -0.25) is 4.79 Å². The highest BCUT2D eigenvalue weighted by molar-refractivity contribution is 6.30. The molecule has 0 aliphatic rings. The normalized spacial score (nSPS) is 10.7. The smallest absolute Gasteiger partial charge is 0.259 e. The third-order valence-corrected chi connectivity index (χ3v) is 3.31. The molecule has 0 atom stereocenters. The Morgan fingerprint density at radius 3 is 2.77 bits per heavy atom. The van der Waals surface area contributed by atoms with Crippen molar-refractivity contribution in [3.8, 4) is 0 Å². The summed E-state index contributed by atoms with van der Waals surface area (Å²) in [5, 5.41) is 7.63. The number of carbonyl (C=O) groups is 1. The van der Waals surface area contributed by atoms with Crippen LogP contribution in [0, 0.1) is 13.8 Å². The van der Waals surface area contributed by atoms with Gasteiger partial charge in [-0.25, -0.2) is 5.43 Å².